The highest BCUT2D eigenvalue weighted by Crippen LogP contribution is 2.49. The molecule has 0 saturated heterocycles. The molecule has 30 heavy (non-hydrogen) atoms. The third-order valence-corrected chi connectivity index (χ3v) is 7.33. The maximum atomic E-state index is 13.3. The van der Waals surface area contributed by atoms with Crippen molar-refractivity contribution in [1.82, 2.24) is 8.96 Å². The highest BCUT2D eigenvalue weighted by molar-refractivity contribution is 7.90. The first-order valence-electron chi connectivity index (χ1n) is 9.55. The van der Waals surface area contributed by atoms with Crippen molar-refractivity contribution in [2.75, 3.05) is 6.61 Å². The van der Waals surface area contributed by atoms with E-state index in [0.29, 0.717) is 10.9 Å². The minimum Gasteiger partial charge on any atom is -0.466 e. The van der Waals surface area contributed by atoms with Crippen LogP contribution in [0.1, 0.15) is 30.9 Å². The second-order valence-electron chi connectivity index (χ2n) is 7.55. The summed E-state index contributed by atoms with van der Waals surface area (Å²) in [6.07, 6.45) is 1.68. The predicted molar refractivity (Wildman–Crippen MR) is 112 cm³/mol. The van der Waals surface area contributed by atoms with Gasteiger partial charge < -0.3 is 9.84 Å². The zero-order valence-electron chi connectivity index (χ0n) is 16.5. The molecule has 0 amide bonds. The Bertz CT molecular complexity index is 1230. The number of aromatic nitrogens is 2. The highest BCUT2D eigenvalue weighted by atomic mass is 35.5. The third kappa shape index (κ3) is 3.38. The van der Waals surface area contributed by atoms with E-state index in [-0.39, 0.29) is 41.1 Å². The van der Waals surface area contributed by atoms with Crippen molar-refractivity contribution in [3.05, 3.63) is 58.9 Å². The summed E-state index contributed by atoms with van der Waals surface area (Å²) in [5.74, 6) is -0.790. The number of fused-ring (bicyclic) bond motifs is 1. The summed E-state index contributed by atoms with van der Waals surface area (Å²) in [4.78, 5) is 16.3. The molecule has 1 aromatic carbocycles. The average molecular weight is 449 g/mol. The number of ether oxygens (including phenoxy) is 1. The van der Waals surface area contributed by atoms with Crippen LogP contribution in [0.25, 0.3) is 11.0 Å². The van der Waals surface area contributed by atoms with Crippen LogP contribution < -0.4 is 0 Å². The van der Waals surface area contributed by atoms with Gasteiger partial charge in [-0.1, -0.05) is 29.3 Å². The van der Waals surface area contributed by atoms with Crippen LogP contribution in [0.5, 0.6) is 0 Å². The first kappa shape index (κ1) is 20.8. The van der Waals surface area contributed by atoms with E-state index in [1.165, 1.54) is 18.3 Å². The van der Waals surface area contributed by atoms with Gasteiger partial charge in [0.1, 0.15) is 5.15 Å². The molecule has 1 saturated carbocycles. The summed E-state index contributed by atoms with van der Waals surface area (Å²) in [5, 5.41) is 11.8. The van der Waals surface area contributed by atoms with Gasteiger partial charge in [0.15, 0.2) is 5.65 Å². The molecule has 1 aliphatic carbocycles. The second kappa shape index (κ2) is 7.37. The molecule has 1 fully saturated rings. The number of nitrogens with zero attached hydrogens (tertiary/aromatic N) is 2. The third-order valence-electron chi connectivity index (χ3n) is 5.45. The van der Waals surface area contributed by atoms with Crippen LogP contribution in [-0.2, 0) is 25.2 Å². The number of carbonyl (C=O) groups excluding carboxylic acids is 1. The maximum Gasteiger partial charge on any atom is 0.309 e. The number of carbonyl (C=O) groups is 1. The first-order valence-corrected chi connectivity index (χ1v) is 11.4. The Labute approximate surface area is 179 Å². The van der Waals surface area contributed by atoms with E-state index in [4.69, 9.17) is 16.3 Å². The fourth-order valence-electron chi connectivity index (χ4n) is 3.83. The van der Waals surface area contributed by atoms with E-state index >= 15 is 0 Å². The van der Waals surface area contributed by atoms with Crippen LogP contribution in [0.15, 0.2) is 47.5 Å². The summed E-state index contributed by atoms with van der Waals surface area (Å²) in [6.45, 7) is 3.86. The number of rotatable bonds is 5. The van der Waals surface area contributed by atoms with E-state index in [1.54, 1.807) is 31.2 Å². The summed E-state index contributed by atoms with van der Waals surface area (Å²) >= 11 is 6.04. The van der Waals surface area contributed by atoms with Crippen molar-refractivity contribution in [2.45, 2.75) is 37.2 Å². The lowest BCUT2D eigenvalue weighted by Crippen LogP contribution is -2.45. The molecule has 0 spiro atoms. The molecule has 9 heteroatoms. The molecule has 0 atom stereocenters. The van der Waals surface area contributed by atoms with Gasteiger partial charge in [0.2, 0.25) is 0 Å². The van der Waals surface area contributed by atoms with E-state index in [9.17, 15) is 18.3 Å². The molecule has 0 aliphatic heterocycles. The molecular weight excluding hydrogens is 428 g/mol. The van der Waals surface area contributed by atoms with Crippen molar-refractivity contribution < 1.29 is 23.1 Å². The Morgan fingerprint density at radius 1 is 1.27 bits per heavy atom. The van der Waals surface area contributed by atoms with Gasteiger partial charge in [-0.05, 0) is 51.0 Å². The summed E-state index contributed by atoms with van der Waals surface area (Å²) in [5.41, 5.74) is 0.116. The van der Waals surface area contributed by atoms with Gasteiger partial charge in [0, 0.05) is 17.1 Å². The van der Waals surface area contributed by atoms with Crippen LogP contribution >= 0.6 is 11.6 Å². The van der Waals surface area contributed by atoms with Crippen molar-refractivity contribution in [3.63, 3.8) is 0 Å². The number of halogens is 1. The van der Waals surface area contributed by atoms with Crippen LogP contribution in [-0.4, -0.2) is 35.1 Å². The van der Waals surface area contributed by atoms with E-state index in [2.05, 4.69) is 4.98 Å². The summed E-state index contributed by atoms with van der Waals surface area (Å²) in [6, 6.07) is 9.65. The van der Waals surface area contributed by atoms with E-state index in [0.717, 1.165) is 9.54 Å². The minimum atomic E-state index is -3.97. The van der Waals surface area contributed by atoms with E-state index in [1.807, 2.05) is 6.92 Å². The zero-order valence-corrected chi connectivity index (χ0v) is 18.1. The molecule has 1 aliphatic rings. The fraction of sp³-hybridized carbons (Fsp3) is 0.333. The van der Waals surface area contributed by atoms with Crippen LogP contribution in [0, 0.1) is 12.8 Å². The highest BCUT2D eigenvalue weighted by Gasteiger charge is 2.49. The number of pyridine rings is 1. The number of esters is 1. The van der Waals surface area contributed by atoms with Crippen molar-refractivity contribution in [3.8, 4) is 0 Å². The largest absolute Gasteiger partial charge is 0.466 e. The predicted octanol–water partition coefficient (Wildman–Crippen LogP) is 3.40. The van der Waals surface area contributed by atoms with Gasteiger partial charge >= 0.3 is 5.97 Å². The molecular formula is C21H21ClN2O5S. The van der Waals surface area contributed by atoms with Gasteiger partial charge in [-0.2, -0.15) is 0 Å². The quantitative estimate of drug-likeness (QED) is 0.474. The van der Waals surface area contributed by atoms with Crippen LogP contribution in [0.3, 0.4) is 0 Å². The SMILES string of the molecule is CCOC(=O)C1CC(O)(c2cn(S(=O)(=O)c3ccc(C)cc3)c3nc(Cl)ccc23)C1. The van der Waals surface area contributed by atoms with Gasteiger partial charge in [0.25, 0.3) is 10.0 Å². The Morgan fingerprint density at radius 2 is 1.93 bits per heavy atom. The molecule has 2 aromatic heterocycles. The fourth-order valence-corrected chi connectivity index (χ4v) is 5.29. The molecule has 0 unspecified atom stereocenters. The van der Waals surface area contributed by atoms with Crippen LogP contribution in [0.4, 0.5) is 0 Å². The number of aryl methyl sites for hydroxylation is 1. The molecule has 0 bridgehead atoms. The first-order chi connectivity index (χ1) is 14.2. The maximum absolute atomic E-state index is 13.3. The second-order valence-corrected chi connectivity index (χ2v) is 9.75. The Morgan fingerprint density at radius 3 is 2.57 bits per heavy atom. The number of hydrogen-bond acceptors (Lipinski definition) is 6. The van der Waals surface area contributed by atoms with Crippen molar-refractivity contribution >= 4 is 38.6 Å². The molecule has 158 valence electrons. The van der Waals surface area contributed by atoms with Gasteiger partial charge in [-0.3, -0.25) is 4.79 Å². The number of hydrogen-bond donors (Lipinski definition) is 1. The van der Waals surface area contributed by atoms with Gasteiger partial charge in [-0.25, -0.2) is 17.4 Å². The lowest BCUT2D eigenvalue weighted by molar-refractivity contribution is -0.165. The summed E-state index contributed by atoms with van der Waals surface area (Å²) < 4.78 is 32.7. The lowest BCUT2D eigenvalue weighted by atomic mass is 9.67. The number of benzene rings is 1. The van der Waals surface area contributed by atoms with Crippen molar-refractivity contribution in [1.29, 1.82) is 0 Å². The smallest absolute Gasteiger partial charge is 0.309 e. The van der Waals surface area contributed by atoms with Crippen LogP contribution in [0.2, 0.25) is 5.15 Å². The van der Waals surface area contributed by atoms with E-state index < -0.39 is 21.5 Å². The Balaban J connectivity index is 1.81. The zero-order chi connectivity index (χ0) is 21.7. The molecule has 7 nitrogen and oxygen atoms in total. The standard InChI is InChI=1S/C21H21ClN2O5S/c1-3-29-20(25)14-10-21(26,11-14)17-12-24(19-16(17)8-9-18(22)23-19)30(27,28)15-6-4-13(2)5-7-15/h4-9,12,14,26H,3,10-11H2,1-2H3. The van der Waals surface area contributed by atoms with Crippen molar-refractivity contribution in [2.24, 2.45) is 5.92 Å². The molecule has 0 radical (unpaired) electrons. The normalized spacial score (nSPS) is 21.4. The summed E-state index contributed by atoms with van der Waals surface area (Å²) in [7, 11) is -3.97. The van der Waals surface area contributed by atoms with Gasteiger partial charge in [-0.15, -0.1) is 0 Å². The molecule has 3 aromatic rings. The Kier molecular flexibility index (Phi) is 5.12. The molecule has 1 N–H and O–H groups in total. The topological polar surface area (TPSA) is 98.5 Å². The van der Waals surface area contributed by atoms with Gasteiger partial charge in [0.05, 0.1) is 23.0 Å². The number of aliphatic hydroxyl groups is 1. The minimum absolute atomic E-state index is 0.100. The lowest BCUT2D eigenvalue weighted by Gasteiger charge is -2.42. The Hall–Kier alpha value is -2.42. The molecule has 4 rings (SSSR count). The monoisotopic (exact) mass is 448 g/mol. The molecule has 2 heterocycles. The average Bonchev–Trinajstić information content (AvgIpc) is 3.06.